The first-order chi connectivity index (χ1) is 14.6. The molecule has 0 bridgehead atoms. The van der Waals surface area contributed by atoms with Crippen LogP contribution in [-0.4, -0.2) is 51.1 Å². The van der Waals surface area contributed by atoms with E-state index in [1.807, 2.05) is 6.07 Å². The first-order valence-corrected chi connectivity index (χ1v) is 11.3. The van der Waals surface area contributed by atoms with Crippen LogP contribution >= 0.6 is 58.2 Å². The molecule has 0 spiro atoms. The average molecular weight is 526 g/mol. The van der Waals surface area contributed by atoms with Gasteiger partial charge in [-0.2, -0.15) is 0 Å². The number of alkyl halides is 3. The number of fused-ring (bicyclic) bond motifs is 1. The van der Waals surface area contributed by atoms with E-state index < -0.39 is 39.6 Å². The van der Waals surface area contributed by atoms with E-state index in [1.165, 1.54) is 22.2 Å². The smallest absolute Gasteiger partial charge is 0.355 e. The number of esters is 1. The van der Waals surface area contributed by atoms with Gasteiger partial charge in [0.15, 0.2) is 6.61 Å². The molecule has 2 heterocycles. The van der Waals surface area contributed by atoms with Crippen LogP contribution in [0, 0.1) is 0 Å². The minimum Gasteiger partial charge on any atom is -0.484 e. The highest BCUT2D eigenvalue weighted by atomic mass is 35.6. The molecule has 31 heavy (non-hydrogen) atoms. The fourth-order valence-corrected chi connectivity index (χ4v) is 4.63. The van der Waals surface area contributed by atoms with E-state index in [-0.39, 0.29) is 12.3 Å². The lowest BCUT2D eigenvalue weighted by atomic mass is 10.0. The normalized spacial score (nSPS) is 22.0. The number of benzene rings is 1. The monoisotopic (exact) mass is 524 g/mol. The maximum absolute atomic E-state index is 12.7. The zero-order valence-electron chi connectivity index (χ0n) is 15.9. The molecular weight excluding hydrogens is 510 g/mol. The molecule has 1 unspecified atom stereocenters. The number of β-lactam (4-membered cyclic amide) rings is 1. The van der Waals surface area contributed by atoms with Crippen molar-refractivity contribution in [3.63, 3.8) is 0 Å². The first kappa shape index (κ1) is 24.1. The van der Waals surface area contributed by atoms with Gasteiger partial charge in [-0.3, -0.25) is 14.5 Å². The van der Waals surface area contributed by atoms with Crippen molar-refractivity contribution in [2.45, 2.75) is 22.1 Å². The predicted molar refractivity (Wildman–Crippen MR) is 120 cm³/mol. The van der Waals surface area contributed by atoms with E-state index in [0.29, 0.717) is 16.2 Å². The van der Waals surface area contributed by atoms with Crippen LogP contribution in [0.4, 0.5) is 0 Å². The molecule has 1 aromatic rings. The number of carbonyl (C=O) groups excluding carboxylic acids is 3. The number of nitrogens with one attached hydrogen (secondary N) is 1. The Balaban J connectivity index is 1.69. The van der Waals surface area contributed by atoms with Crippen molar-refractivity contribution in [3.05, 3.63) is 52.0 Å². The summed E-state index contributed by atoms with van der Waals surface area (Å²) in [6.07, 6.45) is 0. The van der Waals surface area contributed by atoms with Gasteiger partial charge < -0.3 is 14.8 Å². The molecule has 3 rings (SSSR count). The predicted octanol–water partition coefficient (Wildman–Crippen LogP) is 3.73. The molecule has 0 radical (unpaired) electrons. The largest absolute Gasteiger partial charge is 0.484 e. The van der Waals surface area contributed by atoms with E-state index in [1.54, 1.807) is 31.2 Å². The highest BCUT2D eigenvalue weighted by molar-refractivity contribution is 8.04. The average Bonchev–Trinajstić information content (AvgIpc) is 2.74. The summed E-state index contributed by atoms with van der Waals surface area (Å²) in [6.45, 7) is 0.858. The first-order valence-electron chi connectivity index (χ1n) is 8.85. The summed E-state index contributed by atoms with van der Waals surface area (Å²) in [4.78, 5) is 39.4. The number of carbonyl (C=O) groups is 3. The Morgan fingerprint density at radius 2 is 1.94 bits per heavy atom. The number of halogens is 4. The number of allylic oxidation sites excluding steroid dienone is 1. The van der Waals surface area contributed by atoms with E-state index in [9.17, 15) is 14.4 Å². The van der Waals surface area contributed by atoms with Crippen molar-refractivity contribution in [1.29, 1.82) is 0 Å². The fraction of sp³-hybridized carbons (Fsp3) is 0.316. The van der Waals surface area contributed by atoms with Gasteiger partial charge in [0, 0.05) is 10.4 Å². The molecule has 2 amide bonds. The zero-order chi connectivity index (χ0) is 22.8. The summed E-state index contributed by atoms with van der Waals surface area (Å²) in [5, 5.41) is 2.04. The van der Waals surface area contributed by atoms with Gasteiger partial charge in [0.05, 0.1) is 0 Å². The standard InChI is InChI=1S/C19H16Cl4N2O5S/c1-10-12(7-20)31-17-14(24-13(26)8-29-11-5-3-2-4-6-11)16(27)25(17)15(10)18(28)30-9-19(21,22)23/h2-7,14,17H,8-9H2,1H3,(H,24,26)/b12-7-/t14?,17-/m1/s1. The summed E-state index contributed by atoms with van der Waals surface area (Å²) in [7, 11) is 0. The summed E-state index contributed by atoms with van der Waals surface area (Å²) in [5.74, 6) is -1.27. The third kappa shape index (κ3) is 5.62. The van der Waals surface area contributed by atoms with Crippen LogP contribution in [0.5, 0.6) is 5.75 Å². The number of rotatable bonds is 6. The minimum atomic E-state index is -1.80. The SMILES string of the molecule is CC1=C(C(=O)OCC(Cl)(Cl)Cl)N2C(=O)C(NC(=O)COc3ccccc3)[C@H]2S/C1=C\Cl. The van der Waals surface area contributed by atoms with Crippen molar-refractivity contribution in [2.75, 3.05) is 13.2 Å². The summed E-state index contributed by atoms with van der Waals surface area (Å²) >= 11 is 24.0. The number of hydrogen-bond donors (Lipinski definition) is 1. The van der Waals surface area contributed by atoms with Crippen molar-refractivity contribution < 1.29 is 23.9 Å². The molecule has 2 aliphatic heterocycles. The van der Waals surface area contributed by atoms with Crippen LogP contribution < -0.4 is 10.1 Å². The Bertz CT molecular complexity index is 948. The van der Waals surface area contributed by atoms with Crippen molar-refractivity contribution in [2.24, 2.45) is 0 Å². The Kier molecular flexibility index (Phi) is 7.70. The van der Waals surface area contributed by atoms with Crippen molar-refractivity contribution in [1.82, 2.24) is 10.2 Å². The van der Waals surface area contributed by atoms with Crippen LogP contribution in [-0.2, 0) is 19.1 Å². The van der Waals surface area contributed by atoms with Crippen LogP contribution in [0.3, 0.4) is 0 Å². The molecule has 166 valence electrons. The fourth-order valence-electron chi connectivity index (χ4n) is 2.93. The Hall–Kier alpha value is -1.58. The van der Waals surface area contributed by atoms with Gasteiger partial charge in [-0.1, -0.05) is 76.4 Å². The molecule has 1 aromatic carbocycles. The summed E-state index contributed by atoms with van der Waals surface area (Å²) in [5.41, 5.74) is 1.72. The highest BCUT2D eigenvalue weighted by Crippen LogP contribution is 2.46. The van der Waals surface area contributed by atoms with Crippen molar-refractivity contribution in [3.8, 4) is 5.75 Å². The molecule has 7 nitrogen and oxygen atoms in total. The quantitative estimate of drug-likeness (QED) is 0.346. The maximum Gasteiger partial charge on any atom is 0.355 e. The second-order valence-corrected chi connectivity index (χ2v) is 10.4. The van der Waals surface area contributed by atoms with Crippen LogP contribution in [0.15, 0.2) is 52.0 Å². The number of amides is 2. The topological polar surface area (TPSA) is 84.9 Å². The number of hydrogen-bond acceptors (Lipinski definition) is 6. The van der Waals surface area contributed by atoms with Crippen molar-refractivity contribution >= 4 is 75.9 Å². The van der Waals surface area contributed by atoms with E-state index in [0.717, 1.165) is 0 Å². The third-order valence-electron chi connectivity index (χ3n) is 4.35. The molecule has 1 N–H and O–H groups in total. The Labute approximate surface area is 202 Å². The van der Waals surface area contributed by atoms with E-state index >= 15 is 0 Å². The third-order valence-corrected chi connectivity index (χ3v) is 6.42. The van der Waals surface area contributed by atoms with Gasteiger partial charge >= 0.3 is 5.97 Å². The molecule has 2 atom stereocenters. The molecular formula is C19H16Cl4N2O5S. The summed E-state index contributed by atoms with van der Waals surface area (Å²) < 4.78 is 8.64. The molecule has 0 aromatic heterocycles. The number of nitrogens with zero attached hydrogens (tertiary/aromatic N) is 1. The molecule has 0 aliphatic carbocycles. The van der Waals surface area contributed by atoms with Crippen LogP contribution in [0.1, 0.15) is 6.92 Å². The molecule has 0 saturated carbocycles. The Morgan fingerprint density at radius 3 is 2.55 bits per heavy atom. The molecule has 12 heteroatoms. The number of ether oxygens (including phenoxy) is 2. The summed E-state index contributed by atoms with van der Waals surface area (Å²) in [6, 6.07) is 7.92. The zero-order valence-corrected chi connectivity index (χ0v) is 19.8. The highest BCUT2D eigenvalue weighted by Gasteiger charge is 2.55. The second-order valence-electron chi connectivity index (χ2n) is 6.50. The number of thioether (sulfide) groups is 1. The minimum absolute atomic E-state index is 0.0130. The lowest BCUT2D eigenvalue weighted by Gasteiger charge is -2.49. The van der Waals surface area contributed by atoms with Crippen LogP contribution in [0.25, 0.3) is 0 Å². The van der Waals surface area contributed by atoms with Gasteiger partial charge in [-0.15, -0.1) is 0 Å². The maximum atomic E-state index is 12.7. The number of para-hydroxylation sites is 1. The lowest BCUT2D eigenvalue weighted by molar-refractivity contribution is -0.153. The van der Waals surface area contributed by atoms with E-state index in [2.05, 4.69) is 5.32 Å². The van der Waals surface area contributed by atoms with Gasteiger partial charge in [0.1, 0.15) is 29.5 Å². The van der Waals surface area contributed by atoms with Gasteiger partial charge in [0.2, 0.25) is 3.79 Å². The second kappa shape index (κ2) is 9.92. The van der Waals surface area contributed by atoms with Gasteiger partial charge in [-0.05, 0) is 24.6 Å². The van der Waals surface area contributed by atoms with Crippen LogP contribution in [0.2, 0.25) is 0 Å². The van der Waals surface area contributed by atoms with E-state index in [4.69, 9.17) is 55.9 Å². The van der Waals surface area contributed by atoms with Gasteiger partial charge in [-0.25, -0.2) is 4.79 Å². The molecule has 1 fully saturated rings. The molecule has 1 saturated heterocycles. The Morgan fingerprint density at radius 1 is 1.26 bits per heavy atom. The molecule has 2 aliphatic rings. The lowest BCUT2D eigenvalue weighted by Crippen LogP contribution is -2.70. The van der Waals surface area contributed by atoms with Gasteiger partial charge in [0.25, 0.3) is 11.8 Å².